The molecule has 1 aromatic carbocycles. The van der Waals surface area contributed by atoms with Crippen LogP contribution in [0.15, 0.2) is 24.3 Å². The number of carbonyl (C=O) groups is 1. The van der Waals surface area contributed by atoms with E-state index in [0.29, 0.717) is 18.7 Å². The molecule has 2 aliphatic rings. The Labute approximate surface area is 199 Å². The molecule has 7 heteroatoms. The SMILES string of the molecule is COc1ccc(C(=O)N2CCN(c3nc(C(C)C)nc4sc5c(c34)CCCCC5)CC2)cc1. The summed E-state index contributed by atoms with van der Waals surface area (Å²) in [6, 6.07) is 7.38. The molecule has 1 amide bonds. The van der Waals surface area contributed by atoms with Crippen LogP contribution in [0.3, 0.4) is 0 Å². The first kappa shape index (κ1) is 22.1. The summed E-state index contributed by atoms with van der Waals surface area (Å²) in [4.78, 5) is 30.1. The molecule has 0 spiro atoms. The Balaban J connectivity index is 1.41. The van der Waals surface area contributed by atoms with Crippen molar-refractivity contribution in [3.05, 3.63) is 46.1 Å². The maximum Gasteiger partial charge on any atom is 0.253 e. The number of anilines is 1. The molecule has 3 heterocycles. The molecule has 0 bridgehead atoms. The van der Waals surface area contributed by atoms with Gasteiger partial charge in [0, 0.05) is 42.5 Å². The summed E-state index contributed by atoms with van der Waals surface area (Å²) in [6.45, 7) is 7.29. The van der Waals surface area contributed by atoms with E-state index < -0.39 is 0 Å². The first-order chi connectivity index (χ1) is 16.0. The van der Waals surface area contributed by atoms with Crippen LogP contribution in [-0.4, -0.2) is 54.1 Å². The highest BCUT2D eigenvalue weighted by atomic mass is 32.1. The van der Waals surface area contributed by atoms with Gasteiger partial charge in [0.1, 0.15) is 22.2 Å². The molecule has 174 valence electrons. The van der Waals surface area contributed by atoms with Gasteiger partial charge in [-0.05, 0) is 55.5 Å². The summed E-state index contributed by atoms with van der Waals surface area (Å²) in [5.74, 6) is 3.13. The van der Waals surface area contributed by atoms with Crippen molar-refractivity contribution >= 4 is 33.3 Å². The summed E-state index contributed by atoms with van der Waals surface area (Å²) < 4.78 is 5.22. The maximum atomic E-state index is 13.0. The van der Waals surface area contributed by atoms with Crippen LogP contribution in [0.5, 0.6) is 5.75 Å². The summed E-state index contributed by atoms with van der Waals surface area (Å²) >= 11 is 1.88. The maximum absolute atomic E-state index is 13.0. The van der Waals surface area contributed by atoms with Gasteiger partial charge in [-0.1, -0.05) is 20.3 Å². The summed E-state index contributed by atoms with van der Waals surface area (Å²) in [7, 11) is 1.64. The average molecular weight is 465 g/mol. The van der Waals surface area contributed by atoms with E-state index in [-0.39, 0.29) is 11.8 Å². The van der Waals surface area contributed by atoms with Crippen molar-refractivity contribution in [2.75, 3.05) is 38.2 Å². The molecular formula is C26H32N4O2S. The Hall–Kier alpha value is -2.67. The smallest absolute Gasteiger partial charge is 0.253 e. The van der Waals surface area contributed by atoms with Gasteiger partial charge >= 0.3 is 0 Å². The number of aryl methyl sites for hydroxylation is 2. The minimum Gasteiger partial charge on any atom is -0.497 e. The second-order valence-electron chi connectivity index (χ2n) is 9.31. The van der Waals surface area contributed by atoms with Gasteiger partial charge in [-0.3, -0.25) is 4.79 Å². The highest BCUT2D eigenvalue weighted by molar-refractivity contribution is 7.19. The van der Waals surface area contributed by atoms with Crippen LogP contribution in [0.25, 0.3) is 10.2 Å². The number of rotatable bonds is 4. The van der Waals surface area contributed by atoms with E-state index in [2.05, 4.69) is 18.7 Å². The third-order valence-corrected chi connectivity index (χ3v) is 7.97. The van der Waals surface area contributed by atoms with Crippen molar-refractivity contribution in [3.8, 4) is 5.75 Å². The van der Waals surface area contributed by atoms with Crippen LogP contribution in [0.2, 0.25) is 0 Å². The average Bonchev–Trinajstić information content (AvgIpc) is 3.04. The normalized spacial score (nSPS) is 16.7. The van der Waals surface area contributed by atoms with Crippen LogP contribution in [0.4, 0.5) is 5.82 Å². The zero-order valence-corrected chi connectivity index (χ0v) is 20.6. The van der Waals surface area contributed by atoms with Gasteiger partial charge in [-0.15, -0.1) is 11.3 Å². The molecule has 0 N–H and O–H groups in total. The lowest BCUT2D eigenvalue weighted by Gasteiger charge is -2.36. The Morgan fingerprint density at radius 1 is 1.00 bits per heavy atom. The number of amides is 1. The number of ether oxygens (including phenoxy) is 1. The lowest BCUT2D eigenvalue weighted by Crippen LogP contribution is -2.49. The van der Waals surface area contributed by atoms with E-state index in [1.165, 1.54) is 35.1 Å². The first-order valence-electron chi connectivity index (χ1n) is 12.1. The lowest BCUT2D eigenvalue weighted by molar-refractivity contribution is 0.0746. The second kappa shape index (κ2) is 9.29. The van der Waals surface area contributed by atoms with E-state index in [1.807, 2.05) is 40.5 Å². The molecule has 0 radical (unpaired) electrons. The molecule has 3 aromatic rings. The van der Waals surface area contributed by atoms with E-state index in [9.17, 15) is 4.79 Å². The number of aromatic nitrogens is 2. The van der Waals surface area contributed by atoms with Gasteiger partial charge in [-0.25, -0.2) is 9.97 Å². The molecular weight excluding hydrogens is 432 g/mol. The van der Waals surface area contributed by atoms with Crippen molar-refractivity contribution in [1.29, 1.82) is 0 Å². The zero-order valence-electron chi connectivity index (χ0n) is 19.8. The quantitative estimate of drug-likeness (QED) is 0.506. The molecule has 2 aromatic heterocycles. The Kier molecular flexibility index (Phi) is 6.23. The fourth-order valence-electron chi connectivity index (χ4n) is 4.86. The minimum absolute atomic E-state index is 0.0809. The van der Waals surface area contributed by atoms with Gasteiger partial charge in [-0.2, -0.15) is 0 Å². The van der Waals surface area contributed by atoms with Crippen molar-refractivity contribution in [2.45, 2.75) is 51.9 Å². The Morgan fingerprint density at radius 3 is 2.42 bits per heavy atom. The number of benzene rings is 1. The molecule has 0 atom stereocenters. The monoisotopic (exact) mass is 464 g/mol. The number of thiophene rings is 1. The Morgan fingerprint density at radius 2 is 1.73 bits per heavy atom. The number of nitrogens with zero attached hydrogens (tertiary/aromatic N) is 4. The van der Waals surface area contributed by atoms with Crippen molar-refractivity contribution in [1.82, 2.24) is 14.9 Å². The summed E-state index contributed by atoms with van der Waals surface area (Å²) in [5, 5.41) is 1.27. The van der Waals surface area contributed by atoms with Gasteiger partial charge in [0.25, 0.3) is 5.91 Å². The molecule has 0 unspecified atom stereocenters. The van der Waals surface area contributed by atoms with E-state index in [0.717, 1.165) is 48.2 Å². The molecule has 1 fully saturated rings. The fraction of sp³-hybridized carbons (Fsp3) is 0.500. The highest BCUT2D eigenvalue weighted by Gasteiger charge is 2.28. The molecule has 6 nitrogen and oxygen atoms in total. The van der Waals surface area contributed by atoms with Gasteiger partial charge < -0.3 is 14.5 Å². The number of methoxy groups -OCH3 is 1. The summed E-state index contributed by atoms with van der Waals surface area (Å²) in [5.41, 5.74) is 2.19. The van der Waals surface area contributed by atoms with Gasteiger partial charge in [0.05, 0.1) is 12.5 Å². The third-order valence-electron chi connectivity index (χ3n) is 6.78. The Bertz CT molecular complexity index is 1150. The topological polar surface area (TPSA) is 58.6 Å². The number of carbonyl (C=O) groups excluding carboxylic acids is 1. The van der Waals surface area contributed by atoms with E-state index in [4.69, 9.17) is 14.7 Å². The van der Waals surface area contributed by atoms with Crippen molar-refractivity contribution in [2.24, 2.45) is 0 Å². The van der Waals surface area contributed by atoms with E-state index in [1.54, 1.807) is 7.11 Å². The minimum atomic E-state index is 0.0809. The number of piperazine rings is 1. The van der Waals surface area contributed by atoms with Gasteiger partial charge in [0.15, 0.2) is 0 Å². The predicted octanol–water partition coefficient (Wildman–Crippen LogP) is 5.05. The van der Waals surface area contributed by atoms with Crippen LogP contribution in [0, 0.1) is 0 Å². The van der Waals surface area contributed by atoms with Crippen molar-refractivity contribution in [3.63, 3.8) is 0 Å². The van der Waals surface area contributed by atoms with Crippen LogP contribution >= 0.6 is 11.3 Å². The van der Waals surface area contributed by atoms with Crippen LogP contribution < -0.4 is 9.64 Å². The van der Waals surface area contributed by atoms with Crippen LogP contribution in [0.1, 0.15) is 65.7 Å². The lowest BCUT2D eigenvalue weighted by atomic mass is 10.1. The first-order valence-corrected chi connectivity index (χ1v) is 12.9. The third kappa shape index (κ3) is 4.31. The zero-order chi connectivity index (χ0) is 22.9. The fourth-order valence-corrected chi connectivity index (χ4v) is 6.12. The van der Waals surface area contributed by atoms with E-state index >= 15 is 0 Å². The molecule has 1 aliphatic carbocycles. The number of hydrogen-bond acceptors (Lipinski definition) is 6. The summed E-state index contributed by atoms with van der Waals surface area (Å²) in [6.07, 6.45) is 6.11. The molecule has 5 rings (SSSR count). The molecule has 0 saturated carbocycles. The standard InChI is InChI=1S/C26H32N4O2S/c1-17(2)23-27-24(22-20-7-5-4-6-8-21(20)33-25(22)28-23)29-13-15-30(16-14-29)26(31)18-9-11-19(32-3)12-10-18/h9-12,17H,4-8,13-16H2,1-3H3. The van der Waals surface area contributed by atoms with Crippen molar-refractivity contribution < 1.29 is 9.53 Å². The van der Waals surface area contributed by atoms with Crippen LogP contribution in [-0.2, 0) is 12.8 Å². The molecule has 1 aliphatic heterocycles. The molecule has 33 heavy (non-hydrogen) atoms. The predicted molar refractivity (Wildman–Crippen MR) is 134 cm³/mol. The van der Waals surface area contributed by atoms with Gasteiger partial charge in [0.2, 0.25) is 0 Å². The second-order valence-corrected chi connectivity index (χ2v) is 10.4. The molecule has 1 saturated heterocycles. The highest BCUT2D eigenvalue weighted by Crippen LogP contribution is 2.40. The number of fused-ring (bicyclic) bond motifs is 3. The number of hydrogen-bond donors (Lipinski definition) is 0. The largest absolute Gasteiger partial charge is 0.497 e.